The number of hydrogen-bond donors (Lipinski definition) is 1. The fourth-order valence-electron chi connectivity index (χ4n) is 3.67. The van der Waals surface area contributed by atoms with E-state index in [9.17, 15) is 0 Å². The summed E-state index contributed by atoms with van der Waals surface area (Å²) in [5.74, 6) is 1.34. The number of hydrogen-bond acceptors (Lipinski definition) is 6. The number of aliphatic imine (C=N–C) groups is 1. The van der Waals surface area contributed by atoms with Gasteiger partial charge in [0.05, 0.1) is 18.3 Å². The molecule has 136 valence electrons. The molecule has 3 heterocycles. The van der Waals surface area contributed by atoms with E-state index in [1.54, 1.807) is 6.33 Å². The molecule has 1 saturated carbocycles. The molecule has 0 bridgehead atoms. The maximum Gasteiger partial charge on any atom is 0.199 e. The van der Waals surface area contributed by atoms with Gasteiger partial charge < -0.3 is 9.64 Å². The molecule has 1 fully saturated rings. The van der Waals surface area contributed by atoms with Gasteiger partial charge in [-0.2, -0.15) is 5.10 Å². The van der Waals surface area contributed by atoms with Gasteiger partial charge in [0.1, 0.15) is 12.0 Å². The number of aromatic amines is 1. The summed E-state index contributed by atoms with van der Waals surface area (Å²) >= 11 is 0. The van der Waals surface area contributed by atoms with E-state index in [1.807, 2.05) is 31.7 Å². The van der Waals surface area contributed by atoms with Crippen LogP contribution in [0, 0.1) is 5.92 Å². The molecular weight excluding hydrogens is 328 g/mol. The summed E-state index contributed by atoms with van der Waals surface area (Å²) in [7, 11) is 1.82. The first-order valence-corrected chi connectivity index (χ1v) is 9.15. The molecule has 0 atom stereocenters. The Morgan fingerprint density at radius 2 is 2.08 bits per heavy atom. The Balaban J connectivity index is 1.41. The lowest BCUT2D eigenvalue weighted by Crippen LogP contribution is -2.32. The second kappa shape index (κ2) is 7.78. The van der Waals surface area contributed by atoms with Crippen LogP contribution in [0.25, 0.3) is 17.2 Å². The molecule has 1 aliphatic heterocycles. The lowest BCUT2D eigenvalue weighted by Gasteiger charge is -2.32. The monoisotopic (exact) mass is 352 g/mol. The van der Waals surface area contributed by atoms with E-state index in [4.69, 9.17) is 4.74 Å². The lowest BCUT2D eigenvalue weighted by molar-refractivity contribution is 0.0531. The second-order valence-corrected chi connectivity index (χ2v) is 6.91. The Morgan fingerprint density at radius 3 is 2.77 bits per heavy atom. The van der Waals surface area contributed by atoms with Crippen LogP contribution in [0.5, 0.6) is 0 Å². The number of nitrogens with one attached hydrogen (secondary N) is 1. The zero-order chi connectivity index (χ0) is 17.8. The van der Waals surface area contributed by atoms with Gasteiger partial charge in [-0.1, -0.05) is 0 Å². The summed E-state index contributed by atoms with van der Waals surface area (Å²) < 4.78 is 5.48. The summed E-state index contributed by atoms with van der Waals surface area (Å²) in [4.78, 5) is 15.5. The summed E-state index contributed by atoms with van der Waals surface area (Å²) in [6.45, 7) is 1.95. The summed E-state index contributed by atoms with van der Waals surface area (Å²) in [6.07, 6.45) is 12.8. The molecule has 4 rings (SSSR count). The first-order chi connectivity index (χ1) is 12.8. The highest BCUT2D eigenvalue weighted by molar-refractivity contribution is 5.77. The minimum atomic E-state index is 0.453. The molecule has 7 heteroatoms. The van der Waals surface area contributed by atoms with E-state index in [2.05, 4.69) is 36.3 Å². The number of ether oxygens (including phenoxy) is 1. The van der Waals surface area contributed by atoms with Crippen LogP contribution in [0.2, 0.25) is 0 Å². The van der Waals surface area contributed by atoms with Crippen molar-refractivity contribution in [1.82, 2.24) is 25.1 Å². The lowest BCUT2D eigenvalue weighted by atomic mass is 9.87. The molecule has 0 spiro atoms. The average Bonchev–Trinajstić information content (AvgIpc) is 3.24. The van der Waals surface area contributed by atoms with E-state index < -0.39 is 0 Å². The molecule has 0 unspecified atom stereocenters. The first kappa shape index (κ1) is 16.9. The number of methoxy groups -OCH3 is 1. The van der Waals surface area contributed by atoms with Gasteiger partial charge in [0.15, 0.2) is 5.82 Å². The highest BCUT2D eigenvalue weighted by atomic mass is 16.5. The van der Waals surface area contributed by atoms with Gasteiger partial charge in [-0.15, -0.1) is 0 Å². The average molecular weight is 352 g/mol. The van der Waals surface area contributed by atoms with Gasteiger partial charge in [0.25, 0.3) is 0 Å². The van der Waals surface area contributed by atoms with Crippen LogP contribution in [0.15, 0.2) is 35.8 Å². The standard InChI is InChI=1S/C19H24N6O/c1-26-16-5-2-14(3-6-16)11-25-9-8-20-18(12-25)15-4-7-17(21-10-15)19-22-13-23-24-19/h4,7-8,10,12-14,16H,2-3,5-6,9,11H2,1H3,(H,22,23,24)/t14-,16+. The third-order valence-corrected chi connectivity index (χ3v) is 5.17. The fourth-order valence-corrected chi connectivity index (χ4v) is 3.67. The Labute approximate surface area is 153 Å². The van der Waals surface area contributed by atoms with Crippen LogP contribution in [0.3, 0.4) is 0 Å². The van der Waals surface area contributed by atoms with Crippen molar-refractivity contribution in [2.75, 3.05) is 20.2 Å². The SMILES string of the molecule is CO[C@H]1CC[C@@H](CN2C=C(c3ccc(-c4nc[nH]n4)nc3)N=CC2)CC1. The third kappa shape index (κ3) is 3.83. The largest absolute Gasteiger partial charge is 0.381 e. The molecule has 0 amide bonds. The predicted octanol–water partition coefficient (Wildman–Crippen LogP) is 2.76. The van der Waals surface area contributed by atoms with Crippen molar-refractivity contribution >= 4 is 11.9 Å². The van der Waals surface area contributed by atoms with Crippen molar-refractivity contribution in [2.24, 2.45) is 10.9 Å². The number of nitrogens with zero attached hydrogens (tertiary/aromatic N) is 5. The highest BCUT2D eigenvalue weighted by Gasteiger charge is 2.22. The van der Waals surface area contributed by atoms with E-state index in [0.29, 0.717) is 11.9 Å². The Hall–Kier alpha value is -2.54. The van der Waals surface area contributed by atoms with E-state index >= 15 is 0 Å². The Kier molecular flexibility index (Phi) is 5.06. The maximum absolute atomic E-state index is 5.48. The van der Waals surface area contributed by atoms with Gasteiger partial charge in [0.2, 0.25) is 0 Å². The van der Waals surface area contributed by atoms with Crippen molar-refractivity contribution in [1.29, 1.82) is 0 Å². The van der Waals surface area contributed by atoms with Crippen LogP contribution in [0.1, 0.15) is 31.2 Å². The molecule has 2 aromatic rings. The van der Waals surface area contributed by atoms with Crippen molar-refractivity contribution in [3.8, 4) is 11.5 Å². The molecule has 26 heavy (non-hydrogen) atoms. The number of pyridine rings is 1. The molecular formula is C19H24N6O. The van der Waals surface area contributed by atoms with Crippen LogP contribution < -0.4 is 0 Å². The minimum Gasteiger partial charge on any atom is -0.381 e. The highest BCUT2D eigenvalue weighted by Crippen LogP contribution is 2.28. The summed E-state index contributed by atoms with van der Waals surface area (Å²) in [5.41, 5.74) is 2.71. The number of H-pyrrole nitrogens is 1. The molecule has 1 aliphatic carbocycles. The third-order valence-electron chi connectivity index (χ3n) is 5.17. The van der Waals surface area contributed by atoms with E-state index in [-0.39, 0.29) is 0 Å². The molecule has 7 nitrogen and oxygen atoms in total. The number of aromatic nitrogens is 4. The smallest absolute Gasteiger partial charge is 0.199 e. The number of rotatable bonds is 5. The minimum absolute atomic E-state index is 0.453. The van der Waals surface area contributed by atoms with Crippen molar-refractivity contribution in [3.63, 3.8) is 0 Å². The van der Waals surface area contributed by atoms with Gasteiger partial charge >= 0.3 is 0 Å². The second-order valence-electron chi connectivity index (χ2n) is 6.91. The summed E-state index contributed by atoms with van der Waals surface area (Å²) in [5, 5.41) is 6.76. The quantitative estimate of drug-likeness (QED) is 0.895. The van der Waals surface area contributed by atoms with Crippen LogP contribution in [-0.4, -0.2) is 57.6 Å². The Bertz CT molecular complexity index is 760. The van der Waals surface area contributed by atoms with Gasteiger partial charge in [-0.05, 0) is 43.7 Å². The first-order valence-electron chi connectivity index (χ1n) is 9.15. The molecule has 0 saturated heterocycles. The molecule has 2 aliphatic rings. The van der Waals surface area contributed by atoms with Gasteiger partial charge in [-0.3, -0.25) is 15.1 Å². The van der Waals surface area contributed by atoms with E-state index in [1.165, 1.54) is 25.7 Å². The van der Waals surface area contributed by atoms with Crippen molar-refractivity contribution in [3.05, 3.63) is 36.4 Å². The zero-order valence-electron chi connectivity index (χ0n) is 15.0. The van der Waals surface area contributed by atoms with Gasteiger partial charge in [0, 0.05) is 37.8 Å². The fraction of sp³-hybridized carbons (Fsp3) is 0.474. The predicted molar refractivity (Wildman–Crippen MR) is 100 cm³/mol. The zero-order valence-corrected chi connectivity index (χ0v) is 15.0. The topological polar surface area (TPSA) is 79.3 Å². The molecule has 1 N–H and O–H groups in total. The van der Waals surface area contributed by atoms with Crippen LogP contribution >= 0.6 is 0 Å². The van der Waals surface area contributed by atoms with Gasteiger partial charge in [-0.25, -0.2) is 4.98 Å². The van der Waals surface area contributed by atoms with Crippen molar-refractivity contribution < 1.29 is 4.74 Å². The normalized spacial score (nSPS) is 23.1. The molecule has 0 radical (unpaired) electrons. The van der Waals surface area contributed by atoms with Crippen LogP contribution in [-0.2, 0) is 4.74 Å². The Morgan fingerprint density at radius 1 is 1.19 bits per heavy atom. The molecule has 2 aromatic heterocycles. The maximum atomic E-state index is 5.48. The van der Waals surface area contributed by atoms with E-state index in [0.717, 1.165) is 36.0 Å². The van der Waals surface area contributed by atoms with Crippen LogP contribution in [0.4, 0.5) is 0 Å². The summed E-state index contributed by atoms with van der Waals surface area (Å²) in [6, 6.07) is 3.95. The van der Waals surface area contributed by atoms with Crippen molar-refractivity contribution in [2.45, 2.75) is 31.8 Å². The molecule has 0 aromatic carbocycles.